The molecular weight excluding hydrogens is 376 g/mol. The van der Waals surface area contributed by atoms with Crippen molar-refractivity contribution in [2.45, 2.75) is 18.9 Å². The van der Waals surface area contributed by atoms with Crippen LogP contribution in [0.5, 0.6) is 11.5 Å². The minimum atomic E-state index is -0.0253. The first-order valence-electron chi connectivity index (χ1n) is 10.0. The van der Waals surface area contributed by atoms with Crippen LogP contribution in [-0.2, 0) is 4.79 Å². The van der Waals surface area contributed by atoms with Crippen molar-refractivity contribution in [2.24, 2.45) is 0 Å². The van der Waals surface area contributed by atoms with Gasteiger partial charge in [0.15, 0.2) is 0 Å². The maximum absolute atomic E-state index is 11.9. The van der Waals surface area contributed by atoms with Crippen LogP contribution in [0.4, 0.5) is 5.82 Å². The molecule has 1 aliphatic rings. The lowest BCUT2D eigenvalue weighted by Crippen LogP contribution is -2.44. The minimum Gasteiger partial charge on any atom is -0.457 e. The summed E-state index contributed by atoms with van der Waals surface area (Å²) in [6.07, 6.45) is 4.88. The molecule has 0 bridgehead atoms. The first kappa shape index (κ1) is 19.6. The fraction of sp³-hybridized carbons (Fsp3) is 0.208. The van der Waals surface area contributed by atoms with Gasteiger partial charge in [-0.05, 0) is 55.3 Å². The molecule has 0 radical (unpaired) electrons. The van der Waals surface area contributed by atoms with E-state index in [0.717, 1.165) is 48.0 Å². The van der Waals surface area contributed by atoms with Gasteiger partial charge in [-0.1, -0.05) is 24.8 Å². The average molecular weight is 400 g/mol. The topological polar surface area (TPSA) is 67.4 Å². The molecule has 30 heavy (non-hydrogen) atoms. The summed E-state index contributed by atoms with van der Waals surface area (Å²) >= 11 is 0. The summed E-state index contributed by atoms with van der Waals surface area (Å²) in [5.41, 5.74) is 1.81. The molecule has 1 unspecified atom stereocenters. The molecule has 0 spiro atoms. The maximum Gasteiger partial charge on any atom is 0.246 e. The van der Waals surface area contributed by atoms with E-state index in [1.165, 1.54) is 6.08 Å². The number of hydrogen-bond donors (Lipinski definition) is 1. The number of hydrogen-bond acceptors (Lipinski definition) is 5. The first-order valence-corrected chi connectivity index (χ1v) is 10.0. The van der Waals surface area contributed by atoms with Gasteiger partial charge in [0, 0.05) is 30.8 Å². The summed E-state index contributed by atoms with van der Waals surface area (Å²) in [4.78, 5) is 22.5. The highest BCUT2D eigenvalue weighted by Crippen LogP contribution is 2.26. The van der Waals surface area contributed by atoms with Gasteiger partial charge in [-0.2, -0.15) is 0 Å². The number of amides is 1. The lowest BCUT2D eigenvalue weighted by atomic mass is 10.1. The van der Waals surface area contributed by atoms with Gasteiger partial charge in [-0.3, -0.25) is 4.79 Å². The summed E-state index contributed by atoms with van der Waals surface area (Å²) in [7, 11) is 0. The Labute approximate surface area is 176 Å². The zero-order valence-corrected chi connectivity index (χ0v) is 16.7. The van der Waals surface area contributed by atoms with Gasteiger partial charge in [-0.25, -0.2) is 9.97 Å². The van der Waals surface area contributed by atoms with Crippen LogP contribution < -0.4 is 10.1 Å². The maximum atomic E-state index is 11.9. The van der Waals surface area contributed by atoms with Crippen LogP contribution in [0.3, 0.4) is 0 Å². The number of anilines is 1. The Hall–Kier alpha value is -3.67. The largest absolute Gasteiger partial charge is 0.457 e. The van der Waals surface area contributed by atoms with Crippen molar-refractivity contribution in [3.05, 3.63) is 79.6 Å². The third-order valence-electron chi connectivity index (χ3n) is 5.06. The number of aromatic nitrogens is 2. The Morgan fingerprint density at radius 3 is 2.63 bits per heavy atom. The molecule has 1 aromatic heterocycles. The number of rotatable bonds is 6. The number of nitrogens with zero attached hydrogens (tertiary/aromatic N) is 3. The summed E-state index contributed by atoms with van der Waals surface area (Å²) in [6, 6.07) is 19.6. The molecule has 2 aromatic carbocycles. The van der Waals surface area contributed by atoms with E-state index in [1.54, 1.807) is 6.33 Å². The van der Waals surface area contributed by atoms with Crippen molar-refractivity contribution in [3.8, 4) is 22.8 Å². The number of likely N-dealkylation sites (tertiary alicyclic amines) is 1. The summed E-state index contributed by atoms with van der Waals surface area (Å²) in [5, 5.41) is 3.44. The Balaban J connectivity index is 1.43. The van der Waals surface area contributed by atoms with Crippen molar-refractivity contribution in [1.82, 2.24) is 14.9 Å². The van der Waals surface area contributed by atoms with Crippen molar-refractivity contribution in [1.29, 1.82) is 0 Å². The minimum absolute atomic E-state index is 0.0253. The van der Waals surface area contributed by atoms with Crippen LogP contribution in [-0.4, -0.2) is 39.9 Å². The standard InChI is InChI=1S/C24H24N4O2/c1-2-24(29)28-14-6-7-19(16-28)27-23-15-22(25-17-26-23)18-10-12-21(13-11-18)30-20-8-4-3-5-9-20/h2-5,8-13,15,17,19H,1,6-7,14,16H2,(H,25,26,27). The second kappa shape index (κ2) is 9.22. The predicted octanol–water partition coefficient (Wildman–Crippen LogP) is 4.52. The Morgan fingerprint density at radius 2 is 1.87 bits per heavy atom. The summed E-state index contributed by atoms with van der Waals surface area (Å²) in [6.45, 7) is 5.00. The zero-order chi connectivity index (χ0) is 20.8. The molecule has 6 nitrogen and oxygen atoms in total. The number of carbonyl (C=O) groups is 1. The van der Waals surface area contributed by atoms with E-state index in [0.29, 0.717) is 6.54 Å². The predicted molar refractivity (Wildman–Crippen MR) is 117 cm³/mol. The van der Waals surface area contributed by atoms with E-state index in [1.807, 2.05) is 65.6 Å². The van der Waals surface area contributed by atoms with Crippen molar-refractivity contribution in [3.63, 3.8) is 0 Å². The molecule has 0 saturated carbocycles. The highest BCUT2D eigenvalue weighted by molar-refractivity contribution is 5.87. The fourth-order valence-electron chi connectivity index (χ4n) is 3.55. The lowest BCUT2D eigenvalue weighted by Gasteiger charge is -2.32. The number of nitrogens with one attached hydrogen (secondary N) is 1. The Bertz CT molecular complexity index is 1010. The lowest BCUT2D eigenvalue weighted by molar-refractivity contribution is -0.127. The Morgan fingerprint density at radius 1 is 1.10 bits per heavy atom. The smallest absolute Gasteiger partial charge is 0.246 e. The monoisotopic (exact) mass is 400 g/mol. The van der Waals surface area contributed by atoms with E-state index in [2.05, 4.69) is 21.9 Å². The third-order valence-corrected chi connectivity index (χ3v) is 5.06. The van der Waals surface area contributed by atoms with Gasteiger partial charge in [0.1, 0.15) is 23.6 Å². The number of benzene rings is 2. The van der Waals surface area contributed by atoms with Crippen LogP contribution in [0.15, 0.2) is 79.6 Å². The molecule has 6 heteroatoms. The van der Waals surface area contributed by atoms with E-state index in [-0.39, 0.29) is 11.9 Å². The van der Waals surface area contributed by atoms with Gasteiger partial charge in [0.2, 0.25) is 5.91 Å². The molecule has 3 aromatic rings. The first-order chi connectivity index (χ1) is 14.7. The molecule has 1 fully saturated rings. The van der Waals surface area contributed by atoms with Crippen LogP contribution >= 0.6 is 0 Å². The average Bonchev–Trinajstić information content (AvgIpc) is 2.80. The quantitative estimate of drug-likeness (QED) is 0.616. The fourth-order valence-corrected chi connectivity index (χ4v) is 3.55. The van der Waals surface area contributed by atoms with Gasteiger partial charge in [0.05, 0.1) is 5.69 Å². The van der Waals surface area contributed by atoms with Crippen LogP contribution in [0, 0.1) is 0 Å². The number of para-hydroxylation sites is 1. The SMILES string of the molecule is C=CC(=O)N1CCCC(Nc2cc(-c3ccc(Oc4ccccc4)cc3)ncn2)C1. The highest BCUT2D eigenvalue weighted by Gasteiger charge is 2.22. The molecule has 1 saturated heterocycles. The molecule has 1 N–H and O–H groups in total. The van der Waals surface area contributed by atoms with Crippen LogP contribution in [0.2, 0.25) is 0 Å². The van der Waals surface area contributed by atoms with E-state index >= 15 is 0 Å². The molecule has 4 rings (SSSR count). The second-order valence-corrected chi connectivity index (χ2v) is 7.20. The molecule has 2 heterocycles. The molecule has 1 amide bonds. The van der Waals surface area contributed by atoms with Gasteiger partial charge in [0.25, 0.3) is 0 Å². The molecule has 1 aliphatic heterocycles. The molecule has 1 atom stereocenters. The molecular formula is C24H24N4O2. The second-order valence-electron chi connectivity index (χ2n) is 7.20. The highest BCUT2D eigenvalue weighted by atomic mass is 16.5. The summed E-state index contributed by atoms with van der Waals surface area (Å²) < 4.78 is 5.85. The van der Waals surface area contributed by atoms with Crippen molar-refractivity contribution < 1.29 is 9.53 Å². The van der Waals surface area contributed by atoms with E-state index in [9.17, 15) is 4.79 Å². The number of ether oxygens (including phenoxy) is 1. The van der Waals surface area contributed by atoms with Crippen LogP contribution in [0.25, 0.3) is 11.3 Å². The number of piperidine rings is 1. The third kappa shape index (κ3) is 4.84. The molecule has 152 valence electrons. The van der Waals surface area contributed by atoms with Gasteiger partial charge in [-0.15, -0.1) is 0 Å². The van der Waals surface area contributed by atoms with Crippen molar-refractivity contribution in [2.75, 3.05) is 18.4 Å². The number of carbonyl (C=O) groups excluding carboxylic acids is 1. The Kier molecular flexibility index (Phi) is 6.03. The normalized spacial score (nSPS) is 16.0. The molecule has 0 aliphatic carbocycles. The van der Waals surface area contributed by atoms with E-state index in [4.69, 9.17) is 4.74 Å². The van der Waals surface area contributed by atoms with Gasteiger partial charge < -0.3 is 15.0 Å². The van der Waals surface area contributed by atoms with Crippen LogP contribution in [0.1, 0.15) is 12.8 Å². The van der Waals surface area contributed by atoms with Crippen molar-refractivity contribution >= 4 is 11.7 Å². The summed E-state index contributed by atoms with van der Waals surface area (Å²) in [5.74, 6) is 2.30. The van der Waals surface area contributed by atoms with Gasteiger partial charge >= 0.3 is 0 Å². The zero-order valence-electron chi connectivity index (χ0n) is 16.7. The van der Waals surface area contributed by atoms with E-state index < -0.39 is 0 Å².